The molecule has 1 amide bonds. The number of anilines is 1. The van der Waals surface area contributed by atoms with Crippen molar-refractivity contribution in [1.29, 1.82) is 0 Å². The number of rotatable bonds is 6. The summed E-state index contributed by atoms with van der Waals surface area (Å²) < 4.78 is 12.4. The van der Waals surface area contributed by atoms with Gasteiger partial charge in [-0.2, -0.15) is 0 Å². The van der Waals surface area contributed by atoms with Gasteiger partial charge in [0.1, 0.15) is 18.2 Å². The molecule has 0 saturated heterocycles. The van der Waals surface area contributed by atoms with Crippen molar-refractivity contribution in [2.24, 2.45) is 0 Å². The monoisotopic (exact) mass is 367 g/mol. The number of nitrogens with zero attached hydrogens (tertiary/aromatic N) is 2. The number of ether oxygens (including phenoxy) is 2. The lowest BCUT2D eigenvalue weighted by Gasteiger charge is -2.10. The molecule has 1 unspecified atom stereocenters. The van der Waals surface area contributed by atoms with Gasteiger partial charge in [0.2, 0.25) is 5.88 Å². The molecule has 2 aromatic carbocycles. The molecule has 2 N–H and O–H groups in total. The lowest BCUT2D eigenvalue weighted by atomic mass is 10.3. The van der Waals surface area contributed by atoms with Crippen LogP contribution >= 0.6 is 0 Å². The number of aromatic nitrogens is 2. The average molecular weight is 367 g/mol. The van der Waals surface area contributed by atoms with E-state index in [9.17, 15) is 9.90 Å². The second-order valence-electron chi connectivity index (χ2n) is 6.01. The Morgan fingerprint density at radius 2 is 1.78 bits per heavy atom. The van der Waals surface area contributed by atoms with Crippen LogP contribution in [0.5, 0.6) is 11.6 Å². The zero-order valence-electron chi connectivity index (χ0n) is 15.1. The topological polar surface area (TPSA) is 85.6 Å². The molecule has 0 aliphatic rings. The van der Waals surface area contributed by atoms with E-state index in [0.717, 1.165) is 5.69 Å². The van der Waals surface area contributed by atoms with Crippen molar-refractivity contribution in [3.8, 4) is 17.3 Å². The van der Waals surface area contributed by atoms with Gasteiger partial charge in [0.05, 0.1) is 17.4 Å². The van der Waals surface area contributed by atoms with Crippen LogP contribution in [0, 0.1) is 6.92 Å². The average Bonchev–Trinajstić information content (AvgIpc) is 2.97. The first kappa shape index (κ1) is 18.5. The summed E-state index contributed by atoms with van der Waals surface area (Å²) in [5.74, 6) is 1.20. The molecule has 0 fully saturated rings. The van der Waals surface area contributed by atoms with Gasteiger partial charge in [-0.15, -0.1) is 5.10 Å². The number of aliphatic hydroxyl groups is 1. The minimum absolute atomic E-state index is 0.0978. The molecule has 0 bridgehead atoms. The Bertz CT molecular complexity index is 892. The molecule has 1 aromatic heterocycles. The van der Waals surface area contributed by atoms with Gasteiger partial charge >= 0.3 is 6.09 Å². The molecule has 3 aromatic rings. The largest absolute Gasteiger partial charge is 0.474 e. The van der Waals surface area contributed by atoms with Crippen molar-refractivity contribution in [1.82, 2.24) is 9.78 Å². The Labute approximate surface area is 157 Å². The number of carbonyl (C=O) groups excluding carboxylic acids is 1. The minimum atomic E-state index is -0.636. The Morgan fingerprint density at radius 1 is 1.15 bits per heavy atom. The van der Waals surface area contributed by atoms with Crippen LogP contribution in [-0.4, -0.2) is 33.7 Å². The molecular formula is C20H21N3O4. The predicted molar refractivity (Wildman–Crippen MR) is 102 cm³/mol. The summed E-state index contributed by atoms with van der Waals surface area (Å²) in [5.41, 5.74) is 1.38. The minimum Gasteiger partial charge on any atom is -0.474 e. The summed E-state index contributed by atoms with van der Waals surface area (Å²) in [5, 5.41) is 16.6. The number of hydrogen-bond donors (Lipinski definition) is 2. The van der Waals surface area contributed by atoms with Gasteiger partial charge in [0.15, 0.2) is 0 Å². The zero-order chi connectivity index (χ0) is 19.2. The quantitative estimate of drug-likeness (QED) is 0.696. The van der Waals surface area contributed by atoms with Gasteiger partial charge in [-0.1, -0.05) is 36.4 Å². The normalized spacial score (nSPS) is 11.7. The van der Waals surface area contributed by atoms with Crippen LogP contribution in [0.4, 0.5) is 10.6 Å². The third-order valence-electron chi connectivity index (χ3n) is 3.71. The van der Waals surface area contributed by atoms with Crippen LogP contribution in [0.25, 0.3) is 5.69 Å². The van der Waals surface area contributed by atoms with E-state index in [0.29, 0.717) is 23.0 Å². The van der Waals surface area contributed by atoms with E-state index in [1.165, 1.54) is 0 Å². The van der Waals surface area contributed by atoms with Crippen molar-refractivity contribution in [2.45, 2.75) is 20.0 Å². The molecule has 0 spiro atoms. The van der Waals surface area contributed by atoms with Gasteiger partial charge in [-0.3, -0.25) is 5.32 Å². The van der Waals surface area contributed by atoms with Crippen molar-refractivity contribution < 1.29 is 19.4 Å². The van der Waals surface area contributed by atoms with Crippen LogP contribution < -0.4 is 14.8 Å². The van der Waals surface area contributed by atoms with E-state index >= 15 is 0 Å². The fourth-order valence-corrected chi connectivity index (χ4v) is 2.43. The van der Waals surface area contributed by atoms with Crippen molar-refractivity contribution in [2.75, 3.05) is 11.9 Å². The van der Waals surface area contributed by atoms with E-state index in [-0.39, 0.29) is 6.61 Å². The Kier molecular flexibility index (Phi) is 5.73. The summed E-state index contributed by atoms with van der Waals surface area (Å²) >= 11 is 0. The molecule has 1 atom stereocenters. The van der Waals surface area contributed by atoms with Gasteiger partial charge < -0.3 is 14.6 Å². The van der Waals surface area contributed by atoms with Crippen molar-refractivity contribution in [3.05, 3.63) is 66.2 Å². The number of hydrogen-bond acceptors (Lipinski definition) is 5. The zero-order valence-corrected chi connectivity index (χ0v) is 15.1. The molecule has 140 valence electrons. The summed E-state index contributed by atoms with van der Waals surface area (Å²) in [7, 11) is 0. The number of aliphatic hydroxyl groups excluding tert-OH is 1. The third-order valence-corrected chi connectivity index (χ3v) is 3.71. The molecule has 0 radical (unpaired) electrons. The molecule has 0 aliphatic carbocycles. The van der Waals surface area contributed by atoms with E-state index < -0.39 is 12.2 Å². The van der Waals surface area contributed by atoms with Crippen LogP contribution in [0.15, 0.2) is 60.7 Å². The van der Waals surface area contributed by atoms with Crippen molar-refractivity contribution >= 4 is 11.9 Å². The molecular weight excluding hydrogens is 346 g/mol. The lowest BCUT2D eigenvalue weighted by Crippen LogP contribution is -2.19. The lowest BCUT2D eigenvalue weighted by molar-refractivity contribution is 0.119. The van der Waals surface area contributed by atoms with Gasteiger partial charge in [-0.25, -0.2) is 9.48 Å². The fraction of sp³-hybridized carbons (Fsp3) is 0.200. The van der Waals surface area contributed by atoms with E-state index in [1.54, 1.807) is 42.8 Å². The number of benzene rings is 2. The Hall–Kier alpha value is -3.32. The third kappa shape index (κ3) is 4.65. The predicted octanol–water partition coefficient (Wildman–Crippen LogP) is 3.55. The summed E-state index contributed by atoms with van der Waals surface area (Å²) in [6.07, 6.45) is -1.27. The molecule has 0 aliphatic heterocycles. The highest BCUT2D eigenvalue weighted by Gasteiger charge is 2.20. The number of carbonyl (C=O) groups is 1. The summed E-state index contributed by atoms with van der Waals surface area (Å²) in [4.78, 5) is 12.3. The highest BCUT2D eigenvalue weighted by Crippen LogP contribution is 2.28. The molecule has 1 heterocycles. The maximum absolute atomic E-state index is 12.3. The fourth-order valence-electron chi connectivity index (χ4n) is 2.43. The first-order valence-corrected chi connectivity index (χ1v) is 8.54. The molecule has 27 heavy (non-hydrogen) atoms. The second kappa shape index (κ2) is 8.37. The van der Waals surface area contributed by atoms with Crippen LogP contribution in [0.2, 0.25) is 0 Å². The molecule has 7 nitrogen and oxygen atoms in total. The van der Waals surface area contributed by atoms with E-state index in [4.69, 9.17) is 9.47 Å². The smallest absolute Gasteiger partial charge is 0.418 e. The van der Waals surface area contributed by atoms with E-state index in [1.807, 2.05) is 36.4 Å². The SMILES string of the molecule is Cc1c(OCC(C)O)nn(-c2ccccc2)c1NC(=O)Oc1ccccc1. The van der Waals surface area contributed by atoms with Gasteiger partial charge in [-0.05, 0) is 38.1 Å². The molecule has 3 rings (SSSR count). The second-order valence-corrected chi connectivity index (χ2v) is 6.01. The Morgan fingerprint density at radius 3 is 2.41 bits per heavy atom. The standard InChI is InChI=1S/C20H21N3O4/c1-14(24)13-26-19-15(2)18(23(22-19)16-9-5-3-6-10-16)21-20(25)27-17-11-7-4-8-12-17/h3-12,14,24H,13H2,1-2H3,(H,21,25). The number of nitrogens with one attached hydrogen (secondary N) is 1. The summed E-state index contributed by atoms with van der Waals surface area (Å²) in [6, 6.07) is 18.1. The van der Waals surface area contributed by atoms with E-state index in [2.05, 4.69) is 10.4 Å². The number of para-hydroxylation sites is 2. The highest BCUT2D eigenvalue weighted by molar-refractivity contribution is 5.87. The maximum Gasteiger partial charge on any atom is 0.418 e. The maximum atomic E-state index is 12.3. The highest BCUT2D eigenvalue weighted by atomic mass is 16.6. The van der Waals surface area contributed by atoms with Crippen LogP contribution in [-0.2, 0) is 0 Å². The Balaban J connectivity index is 1.88. The van der Waals surface area contributed by atoms with Crippen molar-refractivity contribution in [3.63, 3.8) is 0 Å². The number of amides is 1. The molecule has 0 saturated carbocycles. The molecule has 7 heteroatoms. The van der Waals surface area contributed by atoms with Gasteiger partial charge in [0, 0.05) is 0 Å². The first-order valence-electron chi connectivity index (χ1n) is 8.54. The van der Waals surface area contributed by atoms with Crippen LogP contribution in [0.3, 0.4) is 0 Å². The summed E-state index contributed by atoms with van der Waals surface area (Å²) in [6.45, 7) is 3.50. The van der Waals surface area contributed by atoms with Crippen LogP contribution in [0.1, 0.15) is 12.5 Å². The first-order chi connectivity index (χ1) is 13.0. The van der Waals surface area contributed by atoms with Gasteiger partial charge in [0.25, 0.3) is 0 Å².